The molecule has 6 heteroatoms. The molecule has 22 heavy (non-hydrogen) atoms. The van der Waals surface area contributed by atoms with Crippen molar-refractivity contribution in [2.75, 3.05) is 6.61 Å². The number of carboxylic acid groups (broad SMARTS) is 1. The van der Waals surface area contributed by atoms with Crippen molar-refractivity contribution in [2.45, 2.75) is 37.8 Å². The normalized spacial score (nSPS) is 13.7. The largest absolute Gasteiger partial charge is 0.488 e. The quantitative estimate of drug-likeness (QED) is 0.480. The number of rotatable bonds is 8. The van der Waals surface area contributed by atoms with Gasteiger partial charge in [-0.15, -0.1) is 0 Å². The Balaban J connectivity index is 2.70. The van der Waals surface area contributed by atoms with Crippen molar-refractivity contribution in [3.63, 3.8) is 0 Å². The van der Waals surface area contributed by atoms with Gasteiger partial charge < -0.3 is 14.6 Å². The number of ether oxygens (including phenoxy) is 2. The SMILES string of the molecule is C=C(Cc1ccc(OCC(C)(Br)OC(C)C)c(Br)c1)C(=O)O. The molecule has 0 aliphatic carbocycles. The van der Waals surface area contributed by atoms with E-state index in [1.54, 1.807) is 6.07 Å². The Bertz CT molecular complexity index is 553. The molecular weight excluding hydrogens is 416 g/mol. The van der Waals surface area contributed by atoms with Gasteiger partial charge in [0.05, 0.1) is 10.6 Å². The Morgan fingerprint density at radius 2 is 2.09 bits per heavy atom. The summed E-state index contributed by atoms with van der Waals surface area (Å²) < 4.78 is 11.6. The van der Waals surface area contributed by atoms with Gasteiger partial charge in [0, 0.05) is 12.0 Å². The lowest BCUT2D eigenvalue weighted by Gasteiger charge is -2.26. The molecule has 1 aromatic carbocycles. The Morgan fingerprint density at radius 3 is 2.59 bits per heavy atom. The summed E-state index contributed by atoms with van der Waals surface area (Å²) in [5.74, 6) is -0.319. The van der Waals surface area contributed by atoms with Crippen LogP contribution in [0.4, 0.5) is 0 Å². The second kappa shape index (κ2) is 8.13. The number of alkyl halides is 1. The Kier molecular flexibility index (Phi) is 7.09. The van der Waals surface area contributed by atoms with Gasteiger partial charge >= 0.3 is 5.97 Å². The Morgan fingerprint density at radius 1 is 1.45 bits per heavy atom. The maximum Gasteiger partial charge on any atom is 0.331 e. The molecule has 1 aromatic rings. The average molecular weight is 436 g/mol. The number of aliphatic carboxylic acids is 1. The molecule has 1 N–H and O–H groups in total. The van der Waals surface area contributed by atoms with E-state index >= 15 is 0 Å². The number of carboxylic acids is 1. The van der Waals surface area contributed by atoms with Gasteiger partial charge in [0.1, 0.15) is 12.4 Å². The molecule has 0 bridgehead atoms. The van der Waals surface area contributed by atoms with E-state index in [-0.39, 0.29) is 11.7 Å². The number of hydrogen-bond acceptors (Lipinski definition) is 3. The summed E-state index contributed by atoms with van der Waals surface area (Å²) in [5, 5.41) is 8.86. The second-order valence-corrected chi connectivity index (χ2v) is 7.94. The molecule has 0 aromatic heterocycles. The zero-order valence-corrected chi connectivity index (χ0v) is 16.0. The van der Waals surface area contributed by atoms with E-state index in [0.717, 1.165) is 10.0 Å². The Labute approximate surface area is 147 Å². The second-order valence-electron chi connectivity index (χ2n) is 5.41. The van der Waals surface area contributed by atoms with Crippen LogP contribution in [0.5, 0.6) is 5.75 Å². The predicted octanol–water partition coefficient (Wildman–Crippen LogP) is 4.55. The molecule has 0 aliphatic rings. The molecule has 0 fully saturated rings. The van der Waals surface area contributed by atoms with Crippen LogP contribution < -0.4 is 4.74 Å². The molecule has 0 aliphatic heterocycles. The highest BCUT2D eigenvalue weighted by Gasteiger charge is 2.24. The number of carbonyl (C=O) groups is 1. The molecule has 0 saturated carbocycles. The first-order valence-corrected chi connectivity index (χ1v) is 8.38. The summed E-state index contributed by atoms with van der Waals surface area (Å²) in [6.07, 6.45) is 0.377. The minimum atomic E-state index is -0.989. The van der Waals surface area contributed by atoms with Crippen molar-refractivity contribution < 1.29 is 19.4 Å². The molecular formula is C16H20Br2O4. The lowest BCUT2D eigenvalue weighted by atomic mass is 10.1. The van der Waals surface area contributed by atoms with Crippen LogP contribution >= 0.6 is 31.9 Å². The van der Waals surface area contributed by atoms with Gasteiger partial charge in [-0.3, -0.25) is 0 Å². The van der Waals surface area contributed by atoms with Crippen LogP contribution in [-0.4, -0.2) is 28.3 Å². The van der Waals surface area contributed by atoms with Crippen molar-refractivity contribution in [3.05, 3.63) is 40.4 Å². The lowest BCUT2D eigenvalue weighted by Crippen LogP contribution is -2.31. The van der Waals surface area contributed by atoms with E-state index in [1.807, 2.05) is 32.9 Å². The molecule has 0 saturated heterocycles. The first-order chi connectivity index (χ1) is 10.1. The zero-order valence-electron chi connectivity index (χ0n) is 12.9. The fourth-order valence-electron chi connectivity index (χ4n) is 1.83. The van der Waals surface area contributed by atoms with E-state index < -0.39 is 10.5 Å². The highest BCUT2D eigenvalue weighted by molar-refractivity contribution is 9.10. The molecule has 0 radical (unpaired) electrons. The average Bonchev–Trinajstić information content (AvgIpc) is 2.36. The summed E-state index contributed by atoms with van der Waals surface area (Å²) in [6, 6.07) is 5.45. The molecule has 0 heterocycles. The number of benzene rings is 1. The molecule has 1 atom stereocenters. The van der Waals surface area contributed by atoms with Crippen LogP contribution in [0.25, 0.3) is 0 Å². The van der Waals surface area contributed by atoms with Crippen molar-refractivity contribution in [2.24, 2.45) is 0 Å². The summed E-state index contributed by atoms with van der Waals surface area (Å²) in [4.78, 5) is 10.8. The van der Waals surface area contributed by atoms with Crippen LogP contribution in [0.15, 0.2) is 34.8 Å². The van der Waals surface area contributed by atoms with Crippen molar-refractivity contribution in [3.8, 4) is 5.75 Å². The van der Waals surface area contributed by atoms with E-state index in [9.17, 15) is 4.79 Å². The standard InChI is InChI=1S/C16H20Br2O4/c1-10(2)22-16(4,18)9-21-14-6-5-12(8-13(14)17)7-11(3)15(19)20/h5-6,8,10H,3,7,9H2,1-2,4H3,(H,19,20). The minimum Gasteiger partial charge on any atom is -0.488 e. The molecule has 1 rings (SSSR count). The summed E-state index contributed by atoms with van der Waals surface area (Å²) in [5.41, 5.74) is 1.01. The highest BCUT2D eigenvalue weighted by atomic mass is 79.9. The van der Waals surface area contributed by atoms with Gasteiger partial charge in [-0.05, 0) is 54.4 Å². The van der Waals surface area contributed by atoms with Crippen LogP contribution in [0.3, 0.4) is 0 Å². The van der Waals surface area contributed by atoms with Gasteiger partial charge in [-0.25, -0.2) is 4.79 Å². The fraction of sp³-hybridized carbons (Fsp3) is 0.438. The van der Waals surface area contributed by atoms with Gasteiger partial charge in [0.25, 0.3) is 0 Å². The highest BCUT2D eigenvalue weighted by Crippen LogP contribution is 2.29. The molecule has 4 nitrogen and oxygen atoms in total. The van der Waals surface area contributed by atoms with Crippen molar-refractivity contribution in [1.82, 2.24) is 0 Å². The van der Waals surface area contributed by atoms with Crippen LogP contribution in [0, 0.1) is 0 Å². The number of halogens is 2. The third kappa shape index (κ3) is 6.50. The third-order valence-corrected chi connectivity index (χ3v) is 3.72. The first-order valence-electron chi connectivity index (χ1n) is 6.80. The minimum absolute atomic E-state index is 0.0841. The van der Waals surface area contributed by atoms with E-state index in [2.05, 4.69) is 38.4 Å². The maximum atomic E-state index is 10.8. The molecule has 0 amide bonds. The maximum absolute atomic E-state index is 10.8. The first kappa shape index (κ1) is 19.2. The van der Waals surface area contributed by atoms with E-state index in [0.29, 0.717) is 18.8 Å². The van der Waals surface area contributed by atoms with E-state index in [1.165, 1.54) is 0 Å². The predicted molar refractivity (Wildman–Crippen MR) is 93.7 cm³/mol. The van der Waals surface area contributed by atoms with Crippen LogP contribution in [0.1, 0.15) is 26.3 Å². The summed E-state index contributed by atoms with van der Waals surface area (Å²) in [7, 11) is 0. The summed E-state index contributed by atoms with van der Waals surface area (Å²) >= 11 is 6.92. The molecule has 122 valence electrons. The van der Waals surface area contributed by atoms with Crippen LogP contribution in [0.2, 0.25) is 0 Å². The zero-order chi connectivity index (χ0) is 16.9. The fourth-order valence-corrected chi connectivity index (χ4v) is 2.85. The summed E-state index contributed by atoms with van der Waals surface area (Å²) in [6.45, 7) is 9.68. The monoisotopic (exact) mass is 434 g/mol. The van der Waals surface area contributed by atoms with Gasteiger partial charge in [0.2, 0.25) is 0 Å². The van der Waals surface area contributed by atoms with Gasteiger partial charge in [-0.1, -0.05) is 28.6 Å². The van der Waals surface area contributed by atoms with Crippen molar-refractivity contribution >= 4 is 37.8 Å². The lowest BCUT2D eigenvalue weighted by molar-refractivity contribution is -0.132. The topological polar surface area (TPSA) is 55.8 Å². The molecule has 1 unspecified atom stereocenters. The van der Waals surface area contributed by atoms with Gasteiger partial charge in [0.15, 0.2) is 4.51 Å². The third-order valence-electron chi connectivity index (χ3n) is 2.68. The van der Waals surface area contributed by atoms with E-state index in [4.69, 9.17) is 14.6 Å². The number of hydrogen-bond donors (Lipinski definition) is 1. The van der Waals surface area contributed by atoms with Gasteiger partial charge in [-0.2, -0.15) is 0 Å². The molecule has 0 spiro atoms. The smallest absolute Gasteiger partial charge is 0.331 e. The Hall–Kier alpha value is -0.850. The van der Waals surface area contributed by atoms with Crippen LogP contribution in [-0.2, 0) is 16.0 Å². The van der Waals surface area contributed by atoms with Crippen molar-refractivity contribution in [1.29, 1.82) is 0 Å².